The van der Waals surface area contributed by atoms with Gasteiger partial charge in [0, 0.05) is 11.3 Å². The molecule has 1 heterocycles. The fraction of sp³-hybridized carbons (Fsp3) is 0.0385. The van der Waals surface area contributed by atoms with Crippen LogP contribution in [0, 0.1) is 0 Å². The number of halogens is 2. The van der Waals surface area contributed by atoms with Crippen LogP contribution in [0.25, 0.3) is 31.6 Å². The summed E-state index contributed by atoms with van der Waals surface area (Å²) in [7, 11) is 1.53. The number of nitrogens with zero attached hydrogens (tertiary/aromatic N) is 1. The number of amides is 1. The van der Waals surface area contributed by atoms with E-state index in [-0.39, 0.29) is 11.0 Å². The van der Waals surface area contributed by atoms with Crippen LogP contribution in [0.2, 0.25) is 5.02 Å². The van der Waals surface area contributed by atoms with Crippen molar-refractivity contribution in [3.05, 3.63) is 87.9 Å². The average Bonchev–Trinajstić information content (AvgIpc) is 3.28. The lowest BCUT2D eigenvalue weighted by molar-refractivity contribution is 0.0975. The number of methoxy groups -OCH3 is 1. The Morgan fingerprint density at radius 1 is 1.09 bits per heavy atom. The molecule has 0 saturated heterocycles. The topological polar surface area (TPSA) is 63.2 Å². The Morgan fingerprint density at radius 3 is 2.63 bits per heavy atom. The molecule has 35 heavy (non-hydrogen) atoms. The van der Waals surface area contributed by atoms with Crippen LogP contribution in [0.1, 0.15) is 10.4 Å². The molecule has 1 amide bonds. The van der Waals surface area contributed by atoms with Crippen LogP contribution < -0.4 is 15.4 Å². The van der Waals surface area contributed by atoms with E-state index >= 15 is 0 Å². The molecule has 0 spiro atoms. The van der Waals surface area contributed by atoms with E-state index in [1.807, 2.05) is 60.7 Å². The first-order valence-corrected chi connectivity index (χ1v) is 12.9. The molecule has 0 radical (unpaired) electrons. The Bertz CT molecular complexity index is 1590. The maximum Gasteiger partial charge on any atom is 0.261 e. The lowest BCUT2D eigenvalue weighted by Crippen LogP contribution is -2.34. The minimum atomic E-state index is -0.386. The summed E-state index contributed by atoms with van der Waals surface area (Å²) in [5, 5.41) is 9.11. The van der Waals surface area contributed by atoms with Gasteiger partial charge in [-0.3, -0.25) is 10.1 Å². The van der Waals surface area contributed by atoms with Crippen molar-refractivity contribution in [3.63, 3.8) is 0 Å². The van der Waals surface area contributed by atoms with E-state index in [0.717, 1.165) is 31.6 Å². The molecule has 0 aliphatic carbocycles. The van der Waals surface area contributed by atoms with Gasteiger partial charge in [-0.2, -0.15) is 0 Å². The van der Waals surface area contributed by atoms with Crippen molar-refractivity contribution < 1.29 is 9.53 Å². The first kappa shape index (κ1) is 23.7. The molecule has 0 unspecified atom stereocenters. The van der Waals surface area contributed by atoms with Crippen molar-refractivity contribution >= 4 is 88.8 Å². The summed E-state index contributed by atoms with van der Waals surface area (Å²) in [6.45, 7) is 0. The summed E-state index contributed by atoms with van der Waals surface area (Å²) in [4.78, 5) is 17.7. The minimum Gasteiger partial charge on any atom is -0.495 e. The number of fused-ring (bicyclic) bond motifs is 2. The van der Waals surface area contributed by atoms with Crippen LogP contribution in [-0.4, -0.2) is 23.1 Å². The Hall–Kier alpha value is -3.04. The first-order valence-electron chi connectivity index (χ1n) is 10.5. The Balaban J connectivity index is 1.34. The van der Waals surface area contributed by atoms with Crippen molar-refractivity contribution in [1.82, 2.24) is 10.3 Å². The number of thiocarbonyl (C=S) groups is 1. The van der Waals surface area contributed by atoms with Gasteiger partial charge in [-0.05, 0) is 75.3 Å². The second-order valence-electron chi connectivity index (χ2n) is 7.58. The standard InChI is InChI=1S/C26H17BrClN3O2S2/c1-33-23-18(12-14-6-2-3-7-16(14)22(23)27)24(32)31-26(34)29-15-10-11-17(19(28)13-15)25-30-20-8-4-5-9-21(20)35-25/h2-13H,1H3,(H2,29,31,32,34). The van der Waals surface area contributed by atoms with Crippen LogP contribution in [0.4, 0.5) is 5.69 Å². The van der Waals surface area contributed by atoms with Gasteiger partial charge in [-0.25, -0.2) is 4.98 Å². The predicted octanol–water partition coefficient (Wildman–Crippen LogP) is 7.67. The van der Waals surface area contributed by atoms with E-state index < -0.39 is 0 Å². The molecule has 0 aliphatic heterocycles. The second kappa shape index (κ2) is 9.91. The molecule has 1 aromatic heterocycles. The molecular formula is C26H17BrClN3O2S2. The Kier molecular flexibility index (Phi) is 6.71. The van der Waals surface area contributed by atoms with Crippen LogP contribution in [0.15, 0.2) is 77.3 Å². The zero-order chi connectivity index (χ0) is 24.5. The third-order valence-corrected chi connectivity index (χ3v) is 7.74. The Labute approximate surface area is 224 Å². The third-order valence-electron chi connectivity index (χ3n) is 5.37. The molecular weight excluding hydrogens is 566 g/mol. The molecule has 0 aliphatic rings. The highest BCUT2D eigenvalue weighted by atomic mass is 79.9. The summed E-state index contributed by atoms with van der Waals surface area (Å²) in [6.07, 6.45) is 0. The summed E-state index contributed by atoms with van der Waals surface area (Å²) in [5.74, 6) is 0.0511. The SMILES string of the molecule is COc1c(C(=O)NC(=S)Nc2ccc(-c3nc4ccccc4s3)c(Cl)c2)cc2ccccc2c1Br. The number of nitrogens with one attached hydrogen (secondary N) is 2. The summed E-state index contributed by atoms with van der Waals surface area (Å²) in [6, 6.07) is 23.0. The van der Waals surface area contributed by atoms with E-state index in [1.165, 1.54) is 7.11 Å². The van der Waals surface area contributed by atoms with Gasteiger partial charge >= 0.3 is 0 Å². The monoisotopic (exact) mass is 581 g/mol. The highest BCUT2D eigenvalue weighted by Crippen LogP contribution is 2.37. The fourth-order valence-corrected chi connectivity index (χ4v) is 6.02. The number of thiazole rings is 1. The molecule has 4 aromatic carbocycles. The van der Waals surface area contributed by atoms with Gasteiger partial charge in [-0.1, -0.05) is 48.0 Å². The number of ether oxygens (including phenoxy) is 1. The van der Waals surface area contributed by atoms with Crippen LogP contribution in [0.3, 0.4) is 0 Å². The molecule has 5 nitrogen and oxygen atoms in total. The molecule has 0 bridgehead atoms. The number of carbonyl (C=O) groups is 1. The number of benzene rings is 4. The highest BCUT2D eigenvalue weighted by Gasteiger charge is 2.19. The number of hydrogen-bond donors (Lipinski definition) is 2. The molecule has 0 atom stereocenters. The largest absolute Gasteiger partial charge is 0.495 e. The van der Waals surface area contributed by atoms with Gasteiger partial charge in [0.25, 0.3) is 5.91 Å². The smallest absolute Gasteiger partial charge is 0.261 e. The zero-order valence-corrected chi connectivity index (χ0v) is 22.2. The normalized spacial score (nSPS) is 10.9. The summed E-state index contributed by atoms with van der Waals surface area (Å²) >= 11 is 17.1. The number of aromatic nitrogens is 1. The number of para-hydroxylation sites is 1. The third kappa shape index (κ3) is 4.75. The molecule has 9 heteroatoms. The van der Waals surface area contributed by atoms with E-state index in [0.29, 0.717) is 26.5 Å². The quantitative estimate of drug-likeness (QED) is 0.213. The first-order chi connectivity index (χ1) is 16.9. The van der Waals surface area contributed by atoms with Gasteiger partial charge in [-0.15, -0.1) is 11.3 Å². The van der Waals surface area contributed by atoms with Gasteiger partial charge in [0.2, 0.25) is 0 Å². The van der Waals surface area contributed by atoms with Gasteiger partial charge in [0.15, 0.2) is 5.11 Å². The lowest BCUT2D eigenvalue weighted by atomic mass is 10.1. The van der Waals surface area contributed by atoms with E-state index in [1.54, 1.807) is 23.5 Å². The number of anilines is 1. The van der Waals surface area contributed by atoms with E-state index in [4.69, 9.17) is 28.6 Å². The van der Waals surface area contributed by atoms with Crippen molar-refractivity contribution in [3.8, 4) is 16.3 Å². The molecule has 0 saturated carbocycles. The average molecular weight is 583 g/mol. The zero-order valence-electron chi connectivity index (χ0n) is 18.3. The summed E-state index contributed by atoms with van der Waals surface area (Å²) in [5.41, 5.74) is 2.78. The van der Waals surface area contributed by atoms with E-state index in [2.05, 4.69) is 31.5 Å². The molecule has 5 rings (SSSR count). The maximum atomic E-state index is 13.0. The Morgan fingerprint density at radius 2 is 1.86 bits per heavy atom. The van der Waals surface area contributed by atoms with Crippen molar-refractivity contribution in [1.29, 1.82) is 0 Å². The number of carbonyl (C=O) groups excluding carboxylic acids is 1. The van der Waals surface area contributed by atoms with Gasteiger partial charge in [0.05, 0.1) is 32.4 Å². The highest BCUT2D eigenvalue weighted by molar-refractivity contribution is 9.10. The minimum absolute atomic E-state index is 0.144. The van der Waals surface area contributed by atoms with Crippen molar-refractivity contribution in [2.45, 2.75) is 0 Å². The predicted molar refractivity (Wildman–Crippen MR) is 152 cm³/mol. The number of hydrogen-bond acceptors (Lipinski definition) is 5. The van der Waals surface area contributed by atoms with E-state index in [9.17, 15) is 4.79 Å². The van der Waals surface area contributed by atoms with Gasteiger partial charge in [0.1, 0.15) is 10.8 Å². The molecule has 174 valence electrons. The van der Waals surface area contributed by atoms with Gasteiger partial charge < -0.3 is 10.1 Å². The number of rotatable bonds is 4. The molecule has 2 N–H and O–H groups in total. The molecule has 5 aromatic rings. The van der Waals surface area contributed by atoms with Crippen LogP contribution in [0.5, 0.6) is 5.75 Å². The maximum absolute atomic E-state index is 13.0. The van der Waals surface area contributed by atoms with Crippen LogP contribution >= 0.6 is 51.1 Å². The lowest BCUT2D eigenvalue weighted by Gasteiger charge is -2.15. The van der Waals surface area contributed by atoms with Crippen molar-refractivity contribution in [2.24, 2.45) is 0 Å². The second-order valence-corrected chi connectivity index (χ2v) is 10.2. The summed E-state index contributed by atoms with van der Waals surface area (Å²) < 4.78 is 7.31. The molecule has 0 fully saturated rings. The van der Waals surface area contributed by atoms with Crippen molar-refractivity contribution in [2.75, 3.05) is 12.4 Å². The fourth-order valence-electron chi connectivity index (χ4n) is 3.74. The van der Waals surface area contributed by atoms with Crippen LogP contribution in [-0.2, 0) is 0 Å².